The van der Waals surface area contributed by atoms with Crippen LogP contribution in [0, 0.1) is 0 Å². The van der Waals surface area contributed by atoms with Crippen LogP contribution in [-0.4, -0.2) is 32.1 Å². The van der Waals surface area contributed by atoms with E-state index in [4.69, 9.17) is 5.14 Å². The second-order valence-corrected chi connectivity index (χ2v) is 8.83. The summed E-state index contributed by atoms with van der Waals surface area (Å²) < 4.78 is 23.2. The van der Waals surface area contributed by atoms with E-state index in [1.165, 1.54) is 12.1 Å². The average molecular weight is 417 g/mol. The summed E-state index contributed by atoms with van der Waals surface area (Å²) in [4.78, 5) is 13.1. The molecule has 0 amide bonds. The minimum absolute atomic E-state index is 0.0959. The first-order chi connectivity index (χ1) is 14.4. The fraction of sp³-hybridized carbons (Fsp3) is 0.0909. The molecular formula is C22H19N5O2S. The minimum Gasteiger partial charge on any atom is -0.354 e. The molecule has 1 aliphatic heterocycles. The van der Waals surface area contributed by atoms with Crippen LogP contribution >= 0.6 is 0 Å². The molecule has 2 aromatic heterocycles. The van der Waals surface area contributed by atoms with Gasteiger partial charge in [0.05, 0.1) is 34.7 Å². The van der Waals surface area contributed by atoms with E-state index in [1.807, 2.05) is 31.4 Å². The van der Waals surface area contributed by atoms with E-state index in [2.05, 4.69) is 31.9 Å². The Bertz CT molecular complexity index is 1360. The van der Waals surface area contributed by atoms with Crippen LogP contribution in [0.5, 0.6) is 0 Å². The van der Waals surface area contributed by atoms with Crippen LogP contribution in [0.1, 0.15) is 0 Å². The molecule has 150 valence electrons. The van der Waals surface area contributed by atoms with Crippen molar-refractivity contribution >= 4 is 38.0 Å². The number of nitrogens with zero attached hydrogens (tertiary/aromatic N) is 4. The van der Waals surface area contributed by atoms with E-state index >= 15 is 0 Å². The topological polar surface area (TPSA) is 92.4 Å². The number of nitrogens with two attached hydrogens (primary N) is 1. The highest BCUT2D eigenvalue weighted by Crippen LogP contribution is 2.44. The SMILES string of the molecule is CN1CN(c2ccc(S(N)(=O)=O)cc2)c2c1cnc1ccc(-c3ccncc3)cc21. The largest absolute Gasteiger partial charge is 0.354 e. The Balaban J connectivity index is 1.67. The van der Waals surface area contributed by atoms with Gasteiger partial charge in [0.2, 0.25) is 10.0 Å². The third-order valence-electron chi connectivity index (χ3n) is 5.35. The molecule has 0 bridgehead atoms. The summed E-state index contributed by atoms with van der Waals surface area (Å²) in [6, 6.07) is 16.8. The fourth-order valence-corrected chi connectivity index (χ4v) is 4.36. The maximum atomic E-state index is 11.6. The standard InChI is InChI=1S/C22H19N5O2S/c1-26-14-27(17-3-5-18(6-4-17)30(23,28)29)22-19-12-16(15-8-10-24-11-9-15)2-7-20(19)25-13-21(22)26/h2-13H,14H2,1H3,(H2,23,28,29). The van der Waals surface area contributed by atoms with E-state index in [0.29, 0.717) is 6.67 Å². The number of benzene rings is 2. The van der Waals surface area contributed by atoms with E-state index < -0.39 is 10.0 Å². The van der Waals surface area contributed by atoms with Crippen LogP contribution in [0.2, 0.25) is 0 Å². The first-order valence-corrected chi connectivity index (χ1v) is 10.9. The van der Waals surface area contributed by atoms with Gasteiger partial charge in [-0.2, -0.15) is 0 Å². The molecular weight excluding hydrogens is 398 g/mol. The first-order valence-electron chi connectivity index (χ1n) is 9.36. The number of sulfonamides is 1. The highest BCUT2D eigenvalue weighted by molar-refractivity contribution is 7.89. The molecule has 2 aromatic carbocycles. The summed E-state index contributed by atoms with van der Waals surface area (Å²) in [5, 5.41) is 6.27. The molecule has 30 heavy (non-hydrogen) atoms. The van der Waals surface area contributed by atoms with Gasteiger partial charge in [-0.3, -0.25) is 9.97 Å². The Morgan fingerprint density at radius 2 is 1.70 bits per heavy atom. The van der Waals surface area contributed by atoms with Crippen molar-refractivity contribution in [3.05, 3.63) is 73.2 Å². The van der Waals surface area contributed by atoms with Gasteiger partial charge in [0.25, 0.3) is 0 Å². The molecule has 2 N–H and O–H groups in total. The monoisotopic (exact) mass is 417 g/mol. The predicted octanol–water partition coefficient (Wildman–Crippen LogP) is 3.49. The first kappa shape index (κ1) is 18.5. The Hall–Kier alpha value is -3.49. The molecule has 0 aliphatic carbocycles. The lowest BCUT2D eigenvalue weighted by Gasteiger charge is -2.21. The van der Waals surface area contributed by atoms with Gasteiger partial charge in [0, 0.05) is 30.5 Å². The normalized spacial score (nSPS) is 13.7. The van der Waals surface area contributed by atoms with Gasteiger partial charge in [0.1, 0.15) is 0 Å². The Kier molecular flexibility index (Phi) is 4.19. The van der Waals surface area contributed by atoms with Crippen LogP contribution in [-0.2, 0) is 10.0 Å². The molecule has 5 rings (SSSR count). The van der Waals surface area contributed by atoms with E-state index in [9.17, 15) is 8.42 Å². The zero-order valence-electron chi connectivity index (χ0n) is 16.2. The van der Waals surface area contributed by atoms with Crippen LogP contribution < -0.4 is 14.9 Å². The average Bonchev–Trinajstić information content (AvgIpc) is 3.10. The molecule has 0 atom stereocenters. The quantitative estimate of drug-likeness (QED) is 0.549. The second kappa shape index (κ2) is 6.79. The molecule has 0 saturated heterocycles. The molecule has 0 fully saturated rings. The highest BCUT2D eigenvalue weighted by atomic mass is 32.2. The molecule has 1 aliphatic rings. The van der Waals surface area contributed by atoms with Crippen LogP contribution in [0.15, 0.2) is 78.1 Å². The lowest BCUT2D eigenvalue weighted by atomic mass is 10.0. The van der Waals surface area contributed by atoms with E-state index in [0.717, 1.165) is 39.1 Å². The van der Waals surface area contributed by atoms with Crippen molar-refractivity contribution in [2.24, 2.45) is 5.14 Å². The summed E-state index contributed by atoms with van der Waals surface area (Å²) in [5.74, 6) is 0. The molecule has 3 heterocycles. The molecule has 8 heteroatoms. The fourth-order valence-electron chi connectivity index (χ4n) is 3.84. The lowest BCUT2D eigenvalue weighted by molar-refractivity contribution is 0.598. The number of rotatable bonds is 3. The summed E-state index contributed by atoms with van der Waals surface area (Å²) >= 11 is 0. The number of aromatic nitrogens is 2. The lowest BCUT2D eigenvalue weighted by Crippen LogP contribution is -2.24. The number of hydrogen-bond donors (Lipinski definition) is 1. The third-order valence-corrected chi connectivity index (χ3v) is 6.27. The zero-order chi connectivity index (χ0) is 20.9. The summed E-state index contributed by atoms with van der Waals surface area (Å²) in [7, 11) is -1.72. The van der Waals surface area contributed by atoms with E-state index in [1.54, 1.807) is 24.5 Å². The maximum Gasteiger partial charge on any atom is 0.238 e. The van der Waals surface area contributed by atoms with Crippen molar-refractivity contribution in [1.82, 2.24) is 9.97 Å². The summed E-state index contributed by atoms with van der Waals surface area (Å²) in [6.45, 7) is 0.629. The van der Waals surface area contributed by atoms with Crippen molar-refractivity contribution in [3.8, 4) is 11.1 Å². The Morgan fingerprint density at radius 1 is 0.967 bits per heavy atom. The van der Waals surface area contributed by atoms with Crippen molar-refractivity contribution < 1.29 is 8.42 Å². The van der Waals surface area contributed by atoms with Gasteiger partial charge in [-0.1, -0.05) is 6.07 Å². The summed E-state index contributed by atoms with van der Waals surface area (Å²) in [5.41, 5.74) is 6.01. The number of anilines is 3. The molecule has 0 saturated carbocycles. The van der Waals surface area contributed by atoms with Gasteiger partial charge in [-0.05, 0) is 59.7 Å². The van der Waals surface area contributed by atoms with Crippen molar-refractivity contribution in [3.63, 3.8) is 0 Å². The Morgan fingerprint density at radius 3 is 2.40 bits per heavy atom. The molecule has 0 spiro atoms. The van der Waals surface area contributed by atoms with Crippen molar-refractivity contribution in [2.75, 3.05) is 23.5 Å². The van der Waals surface area contributed by atoms with Crippen LogP contribution in [0.4, 0.5) is 17.1 Å². The zero-order valence-corrected chi connectivity index (χ0v) is 17.0. The number of primary sulfonamides is 1. The second-order valence-electron chi connectivity index (χ2n) is 7.27. The van der Waals surface area contributed by atoms with Crippen molar-refractivity contribution in [1.29, 1.82) is 0 Å². The Labute approximate surface area is 174 Å². The molecule has 0 unspecified atom stereocenters. The van der Waals surface area contributed by atoms with Crippen molar-refractivity contribution in [2.45, 2.75) is 4.90 Å². The number of fused-ring (bicyclic) bond motifs is 3. The van der Waals surface area contributed by atoms with Gasteiger partial charge >= 0.3 is 0 Å². The van der Waals surface area contributed by atoms with Gasteiger partial charge in [-0.25, -0.2) is 13.6 Å². The van der Waals surface area contributed by atoms with Gasteiger partial charge in [0.15, 0.2) is 0 Å². The third kappa shape index (κ3) is 3.06. The number of hydrogen-bond acceptors (Lipinski definition) is 6. The van der Waals surface area contributed by atoms with Gasteiger partial charge < -0.3 is 9.80 Å². The molecule has 4 aromatic rings. The smallest absolute Gasteiger partial charge is 0.238 e. The number of pyridine rings is 2. The van der Waals surface area contributed by atoms with Crippen LogP contribution in [0.3, 0.4) is 0 Å². The predicted molar refractivity (Wildman–Crippen MR) is 118 cm³/mol. The van der Waals surface area contributed by atoms with Gasteiger partial charge in [-0.15, -0.1) is 0 Å². The minimum atomic E-state index is -3.73. The molecule has 7 nitrogen and oxygen atoms in total. The van der Waals surface area contributed by atoms with Crippen LogP contribution in [0.25, 0.3) is 22.0 Å². The highest BCUT2D eigenvalue weighted by Gasteiger charge is 2.27. The maximum absolute atomic E-state index is 11.6. The van der Waals surface area contributed by atoms with E-state index in [-0.39, 0.29) is 4.90 Å². The summed E-state index contributed by atoms with van der Waals surface area (Å²) in [6.07, 6.45) is 5.43. The molecule has 0 radical (unpaired) electrons.